The molecule has 3 aliphatic rings. The number of hydrogen-bond donors (Lipinski definition) is 1. The summed E-state index contributed by atoms with van der Waals surface area (Å²) in [4.78, 5) is 49.0. The van der Waals surface area contributed by atoms with E-state index >= 15 is 0 Å². The number of fused-ring (bicyclic) bond motifs is 2. The normalized spacial score (nSPS) is 20.5. The number of aromatic amines is 1. The van der Waals surface area contributed by atoms with Gasteiger partial charge in [0.25, 0.3) is 11.5 Å². The highest BCUT2D eigenvalue weighted by molar-refractivity contribution is 5.97. The number of likely N-dealkylation sites (tertiary alicyclic amines) is 1. The van der Waals surface area contributed by atoms with Crippen LogP contribution >= 0.6 is 0 Å². The third-order valence-corrected chi connectivity index (χ3v) is 6.96. The minimum Gasteiger partial charge on any atom is -0.465 e. The van der Waals surface area contributed by atoms with E-state index in [1.165, 1.54) is 6.92 Å². The fraction of sp³-hybridized carbons (Fsp3) is 0.565. The molecule has 4 heterocycles. The summed E-state index contributed by atoms with van der Waals surface area (Å²) >= 11 is 0. The zero-order chi connectivity index (χ0) is 21.7. The minimum atomic E-state index is -0.118. The molecule has 164 valence electrons. The first-order chi connectivity index (χ1) is 14.9. The summed E-state index contributed by atoms with van der Waals surface area (Å²) in [5.41, 5.74) is 3.06. The van der Waals surface area contributed by atoms with Crippen LogP contribution in [0.2, 0.25) is 0 Å². The second kappa shape index (κ2) is 7.66. The van der Waals surface area contributed by atoms with Gasteiger partial charge in [0.1, 0.15) is 17.3 Å². The predicted molar refractivity (Wildman–Crippen MR) is 113 cm³/mol. The maximum absolute atomic E-state index is 13.3. The van der Waals surface area contributed by atoms with Crippen molar-refractivity contribution < 1.29 is 14.0 Å². The molecule has 2 amide bonds. The molecule has 31 heavy (non-hydrogen) atoms. The fourth-order valence-electron chi connectivity index (χ4n) is 5.23. The lowest BCUT2D eigenvalue weighted by Gasteiger charge is -2.27. The van der Waals surface area contributed by atoms with Crippen LogP contribution in [0.3, 0.4) is 0 Å². The Morgan fingerprint density at radius 1 is 1.10 bits per heavy atom. The second-order valence-corrected chi connectivity index (χ2v) is 8.95. The van der Waals surface area contributed by atoms with Crippen molar-refractivity contribution in [3.05, 3.63) is 50.1 Å². The number of nitrogens with one attached hydrogen (secondary N) is 1. The van der Waals surface area contributed by atoms with Crippen LogP contribution in [0, 0.1) is 6.92 Å². The molecule has 2 aliphatic heterocycles. The average molecular weight is 425 g/mol. The van der Waals surface area contributed by atoms with Gasteiger partial charge in [0.05, 0.1) is 17.8 Å². The van der Waals surface area contributed by atoms with Crippen molar-refractivity contribution in [2.75, 3.05) is 19.6 Å². The van der Waals surface area contributed by atoms with E-state index in [1.807, 2.05) is 11.8 Å². The molecule has 8 heteroatoms. The molecule has 1 aliphatic carbocycles. The van der Waals surface area contributed by atoms with Gasteiger partial charge in [0, 0.05) is 50.0 Å². The molecular weight excluding hydrogens is 396 g/mol. The number of aromatic nitrogens is 2. The van der Waals surface area contributed by atoms with Gasteiger partial charge in [0.15, 0.2) is 0 Å². The number of furan rings is 1. The van der Waals surface area contributed by atoms with Crippen LogP contribution < -0.4 is 5.56 Å². The van der Waals surface area contributed by atoms with Gasteiger partial charge in [-0.3, -0.25) is 14.4 Å². The molecule has 5 rings (SSSR count). The predicted octanol–water partition coefficient (Wildman–Crippen LogP) is 2.08. The van der Waals surface area contributed by atoms with E-state index in [4.69, 9.17) is 9.40 Å². The molecule has 0 aromatic carbocycles. The molecule has 1 N–H and O–H groups in total. The molecule has 1 unspecified atom stereocenters. The first kappa shape index (κ1) is 20.0. The number of carbonyl (C=O) groups is 2. The van der Waals surface area contributed by atoms with Gasteiger partial charge in [-0.15, -0.1) is 0 Å². The topological polar surface area (TPSA) is 99.5 Å². The number of H-pyrrole nitrogens is 1. The average Bonchev–Trinajstić information content (AvgIpc) is 3.37. The number of amides is 2. The summed E-state index contributed by atoms with van der Waals surface area (Å²) in [5.74, 6) is 2.30. The van der Waals surface area contributed by atoms with E-state index in [0.717, 1.165) is 49.0 Å². The van der Waals surface area contributed by atoms with E-state index in [-0.39, 0.29) is 23.3 Å². The van der Waals surface area contributed by atoms with Crippen LogP contribution in [0.1, 0.15) is 76.6 Å². The summed E-state index contributed by atoms with van der Waals surface area (Å²) in [6, 6.07) is 0. The van der Waals surface area contributed by atoms with Crippen molar-refractivity contribution in [1.82, 2.24) is 19.8 Å². The Morgan fingerprint density at radius 3 is 2.71 bits per heavy atom. The molecule has 1 fully saturated rings. The number of hydrogen-bond acceptors (Lipinski definition) is 5. The summed E-state index contributed by atoms with van der Waals surface area (Å²) in [6.07, 6.45) is 5.28. The van der Waals surface area contributed by atoms with E-state index < -0.39 is 0 Å². The third kappa shape index (κ3) is 3.47. The second-order valence-electron chi connectivity index (χ2n) is 8.95. The number of carbonyl (C=O) groups excluding carboxylic acids is 2. The Hall–Kier alpha value is -2.90. The highest BCUT2D eigenvalue weighted by atomic mass is 16.3. The Morgan fingerprint density at radius 2 is 1.90 bits per heavy atom. The summed E-state index contributed by atoms with van der Waals surface area (Å²) in [5, 5.41) is 0. The van der Waals surface area contributed by atoms with Crippen molar-refractivity contribution in [2.24, 2.45) is 0 Å². The van der Waals surface area contributed by atoms with Crippen molar-refractivity contribution in [3.8, 4) is 0 Å². The molecule has 0 bridgehead atoms. The van der Waals surface area contributed by atoms with Crippen molar-refractivity contribution >= 4 is 11.8 Å². The van der Waals surface area contributed by atoms with Gasteiger partial charge >= 0.3 is 0 Å². The van der Waals surface area contributed by atoms with Crippen LogP contribution in [0.5, 0.6) is 0 Å². The number of rotatable bonds is 2. The Kier molecular flexibility index (Phi) is 4.95. The van der Waals surface area contributed by atoms with Gasteiger partial charge < -0.3 is 19.2 Å². The standard InChI is InChI=1S/C23H28N4O4/c1-13-20(17-5-3-4-6-19(17)31-13)23(30)27-9-7-15(11-27)21-24-18-12-26(14(2)28)10-8-16(18)22(29)25-21/h15H,3-12H2,1-2H3,(H,24,25,29). The van der Waals surface area contributed by atoms with Crippen LogP contribution in [-0.2, 0) is 30.6 Å². The zero-order valence-corrected chi connectivity index (χ0v) is 18.1. The summed E-state index contributed by atoms with van der Waals surface area (Å²) in [6.45, 7) is 5.49. The molecule has 2 aromatic rings. The Labute approximate surface area is 180 Å². The van der Waals surface area contributed by atoms with Crippen LogP contribution in [0.25, 0.3) is 0 Å². The lowest BCUT2D eigenvalue weighted by atomic mass is 9.94. The van der Waals surface area contributed by atoms with Crippen LogP contribution in [-0.4, -0.2) is 51.2 Å². The van der Waals surface area contributed by atoms with E-state index in [9.17, 15) is 14.4 Å². The highest BCUT2D eigenvalue weighted by Gasteiger charge is 2.34. The van der Waals surface area contributed by atoms with Crippen molar-refractivity contribution in [1.29, 1.82) is 0 Å². The molecule has 1 atom stereocenters. The lowest BCUT2D eigenvalue weighted by Crippen LogP contribution is -2.38. The maximum Gasteiger partial charge on any atom is 0.257 e. The number of nitrogens with zero attached hydrogens (tertiary/aromatic N) is 3. The molecule has 0 spiro atoms. The molecule has 2 aromatic heterocycles. The van der Waals surface area contributed by atoms with Gasteiger partial charge in [-0.05, 0) is 39.0 Å². The van der Waals surface area contributed by atoms with Gasteiger partial charge in [0.2, 0.25) is 5.91 Å². The molecule has 1 saturated heterocycles. The summed E-state index contributed by atoms with van der Waals surface area (Å²) in [7, 11) is 0. The monoisotopic (exact) mass is 424 g/mol. The Bertz CT molecular complexity index is 1120. The molecule has 0 saturated carbocycles. The SMILES string of the molecule is CC(=O)N1CCc2c(nc(C3CCN(C(=O)c4c(C)oc5c4CCCC5)C3)[nH]c2=O)C1. The maximum atomic E-state index is 13.3. The van der Waals surface area contributed by atoms with Gasteiger partial charge in [-0.1, -0.05) is 0 Å². The van der Waals surface area contributed by atoms with Crippen LogP contribution in [0.4, 0.5) is 0 Å². The smallest absolute Gasteiger partial charge is 0.257 e. The number of aryl methyl sites for hydroxylation is 2. The highest BCUT2D eigenvalue weighted by Crippen LogP contribution is 2.33. The Balaban J connectivity index is 1.37. The van der Waals surface area contributed by atoms with Crippen LogP contribution in [0.15, 0.2) is 9.21 Å². The first-order valence-corrected chi connectivity index (χ1v) is 11.2. The van der Waals surface area contributed by atoms with Crippen molar-refractivity contribution in [2.45, 2.75) is 64.8 Å². The van der Waals surface area contributed by atoms with E-state index in [0.29, 0.717) is 55.4 Å². The summed E-state index contributed by atoms with van der Waals surface area (Å²) < 4.78 is 5.90. The fourth-order valence-corrected chi connectivity index (χ4v) is 5.23. The minimum absolute atomic E-state index is 0.00858. The zero-order valence-electron chi connectivity index (χ0n) is 18.1. The molecular formula is C23H28N4O4. The van der Waals surface area contributed by atoms with E-state index in [2.05, 4.69) is 4.98 Å². The lowest BCUT2D eigenvalue weighted by molar-refractivity contribution is -0.129. The quantitative estimate of drug-likeness (QED) is 0.796. The van der Waals surface area contributed by atoms with Crippen molar-refractivity contribution in [3.63, 3.8) is 0 Å². The van der Waals surface area contributed by atoms with Gasteiger partial charge in [-0.2, -0.15) is 0 Å². The third-order valence-electron chi connectivity index (χ3n) is 6.96. The van der Waals surface area contributed by atoms with E-state index in [1.54, 1.807) is 4.90 Å². The largest absolute Gasteiger partial charge is 0.465 e. The first-order valence-electron chi connectivity index (χ1n) is 11.2. The van der Waals surface area contributed by atoms with Gasteiger partial charge in [-0.25, -0.2) is 4.98 Å². The molecule has 0 radical (unpaired) electrons. The molecule has 8 nitrogen and oxygen atoms in total.